The topological polar surface area (TPSA) is 29.5 Å². The van der Waals surface area contributed by atoms with Crippen LogP contribution in [0.3, 0.4) is 0 Å². The van der Waals surface area contributed by atoms with Gasteiger partial charge in [-0.1, -0.05) is 31.2 Å². The molecule has 1 aromatic rings. The van der Waals surface area contributed by atoms with Crippen molar-refractivity contribution in [2.24, 2.45) is 5.41 Å². The highest BCUT2D eigenvalue weighted by molar-refractivity contribution is 5.29. The second kappa shape index (κ2) is 4.56. The summed E-state index contributed by atoms with van der Waals surface area (Å²) in [5.41, 5.74) is 2.80. The van der Waals surface area contributed by atoms with Crippen molar-refractivity contribution in [3.63, 3.8) is 0 Å². The fourth-order valence-electron chi connectivity index (χ4n) is 2.48. The zero-order chi connectivity index (χ0) is 11.6. The summed E-state index contributed by atoms with van der Waals surface area (Å²) >= 11 is 0. The van der Waals surface area contributed by atoms with Crippen molar-refractivity contribution < 1.29 is 9.84 Å². The van der Waals surface area contributed by atoms with E-state index >= 15 is 0 Å². The summed E-state index contributed by atoms with van der Waals surface area (Å²) in [5, 5.41) is 9.55. The number of rotatable bonds is 4. The van der Waals surface area contributed by atoms with Gasteiger partial charge < -0.3 is 9.84 Å². The highest BCUT2D eigenvalue weighted by Crippen LogP contribution is 2.38. The molecule has 0 aliphatic carbocycles. The monoisotopic (exact) mass is 220 g/mol. The summed E-state index contributed by atoms with van der Waals surface area (Å²) in [6.45, 7) is 6.22. The Bertz CT molecular complexity index is 356. The maximum atomic E-state index is 9.55. The zero-order valence-corrected chi connectivity index (χ0v) is 10.1. The summed E-state index contributed by atoms with van der Waals surface area (Å²) in [4.78, 5) is 0. The Hall–Kier alpha value is -0.860. The van der Waals surface area contributed by atoms with Crippen molar-refractivity contribution in [3.8, 4) is 0 Å². The largest absolute Gasteiger partial charge is 0.396 e. The molecule has 2 heteroatoms. The van der Waals surface area contributed by atoms with Crippen molar-refractivity contribution in [3.05, 3.63) is 35.4 Å². The Morgan fingerprint density at radius 3 is 2.56 bits per heavy atom. The Kier molecular flexibility index (Phi) is 3.31. The van der Waals surface area contributed by atoms with E-state index in [4.69, 9.17) is 4.74 Å². The van der Waals surface area contributed by atoms with Crippen LogP contribution in [-0.2, 0) is 4.74 Å². The predicted octanol–water partition coefficient (Wildman–Crippen LogP) is 2.50. The lowest BCUT2D eigenvalue weighted by atomic mass is 9.76. The molecule has 0 spiro atoms. The lowest BCUT2D eigenvalue weighted by molar-refractivity contribution is -0.110. The van der Waals surface area contributed by atoms with Gasteiger partial charge in [0.05, 0.1) is 13.2 Å². The molecule has 1 N–H and O–H groups in total. The molecule has 2 nitrogen and oxygen atoms in total. The molecule has 2 rings (SSSR count). The van der Waals surface area contributed by atoms with Gasteiger partial charge in [-0.25, -0.2) is 0 Å². The molecule has 1 aliphatic rings. The van der Waals surface area contributed by atoms with E-state index in [-0.39, 0.29) is 17.9 Å². The lowest BCUT2D eigenvalue weighted by Gasteiger charge is -2.40. The van der Waals surface area contributed by atoms with Crippen molar-refractivity contribution in [2.75, 3.05) is 19.8 Å². The molecule has 0 saturated carbocycles. The van der Waals surface area contributed by atoms with Gasteiger partial charge in [-0.3, -0.25) is 0 Å². The van der Waals surface area contributed by atoms with Crippen molar-refractivity contribution in [1.29, 1.82) is 0 Å². The fourth-order valence-corrected chi connectivity index (χ4v) is 2.48. The van der Waals surface area contributed by atoms with Gasteiger partial charge in [-0.05, 0) is 24.5 Å². The summed E-state index contributed by atoms with van der Waals surface area (Å²) < 4.78 is 5.27. The lowest BCUT2D eigenvalue weighted by Crippen LogP contribution is -2.41. The van der Waals surface area contributed by atoms with Crippen LogP contribution in [0.4, 0.5) is 0 Å². The second-order valence-electron chi connectivity index (χ2n) is 5.24. The summed E-state index contributed by atoms with van der Waals surface area (Å²) in [6, 6.07) is 8.32. The molecule has 1 saturated heterocycles. The first-order valence-electron chi connectivity index (χ1n) is 5.89. The summed E-state index contributed by atoms with van der Waals surface area (Å²) in [6.07, 6.45) is 1.01. The van der Waals surface area contributed by atoms with Crippen molar-refractivity contribution >= 4 is 0 Å². The number of benzene rings is 1. The summed E-state index contributed by atoms with van der Waals surface area (Å²) in [7, 11) is 0. The van der Waals surface area contributed by atoms with Crippen LogP contribution in [0.15, 0.2) is 24.3 Å². The van der Waals surface area contributed by atoms with E-state index in [1.165, 1.54) is 11.1 Å². The molecule has 0 bridgehead atoms. The molecule has 1 aromatic carbocycles. The molecular formula is C14H20O2. The Morgan fingerprint density at radius 2 is 2.06 bits per heavy atom. The predicted molar refractivity (Wildman–Crippen MR) is 64.5 cm³/mol. The molecular weight excluding hydrogens is 200 g/mol. The normalized spacial score (nSPS) is 20.2. The minimum atomic E-state index is 0.223. The van der Waals surface area contributed by atoms with E-state index in [0.29, 0.717) is 0 Å². The second-order valence-corrected chi connectivity index (χ2v) is 5.24. The van der Waals surface area contributed by atoms with Crippen LogP contribution in [0.25, 0.3) is 0 Å². The zero-order valence-electron chi connectivity index (χ0n) is 10.1. The van der Waals surface area contributed by atoms with Gasteiger partial charge >= 0.3 is 0 Å². The molecule has 0 amide bonds. The van der Waals surface area contributed by atoms with Gasteiger partial charge in [0.15, 0.2) is 0 Å². The average molecular weight is 220 g/mol. The van der Waals surface area contributed by atoms with Gasteiger partial charge in [0.25, 0.3) is 0 Å². The third kappa shape index (κ3) is 2.28. The van der Waals surface area contributed by atoms with E-state index < -0.39 is 0 Å². The van der Waals surface area contributed by atoms with Crippen LogP contribution >= 0.6 is 0 Å². The Labute approximate surface area is 97.3 Å². The first kappa shape index (κ1) is 11.6. The highest BCUT2D eigenvalue weighted by Gasteiger charge is 2.36. The molecule has 0 radical (unpaired) electrons. The first-order valence-corrected chi connectivity index (χ1v) is 5.89. The van der Waals surface area contributed by atoms with E-state index in [0.717, 1.165) is 19.6 Å². The minimum absolute atomic E-state index is 0.223. The van der Waals surface area contributed by atoms with Crippen LogP contribution in [0.5, 0.6) is 0 Å². The SMILES string of the molecule is Cc1ccccc1C(CO)CC1(C)COC1. The van der Waals surface area contributed by atoms with Gasteiger partial charge in [0.1, 0.15) is 0 Å². The van der Waals surface area contributed by atoms with Crippen LogP contribution < -0.4 is 0 Å². The number of aliphatic hydroxyl groups excluding tert-OH is 1. The first-order chi connectivity index (χ1) is 7.64. The van der Waals surface area contributed by atoms with E-state index in [9.17, 15) is 5.11 Å². The molecule has 16 heavy (non-hydrogen) atoms. The molecule has 1 aliphatic heterocycles. The summed E-state index contributed by atoms with van der Waals surface area (Å²) in [5.74, 6) is 0.245. The molecule has 1 atom stereocenters. The van der Waals surface area contributed by atoms with Crippen molar-refractivity contribution in [1.82, 2.24) is 0 Å². The van der Waals surface area contributed by atoms with Crippen LogP contribution in [0, 0.1) is 12.3 Å². The highest BCUT2D eigenvalue weighted by atomic mass is 16.5. The van der Waals surface area contributed by atoms with E-state index in [1.54, 1.807) is 0 Å². The third-order valence-electron chi connectivity index (χ3n) is 3.49. The molecule has 1 heterocycles. The maximum Gasteiger partial charge on any atom is 0.0542 e. The maximum absolute atomic E-state index is 9.55. The van der Waals surface area contributed by atoms with Crippen LogP contribution in [0.1, 0.15) is 30.4 Å². The number of hydrogen-bond donors (Lipinski definition) is 1. The van der Waals surface area contributed by atoms with Gasteiger partial charge in [0, 0.05) is 17.9 Å². The van der Waals surface area contributed by atoms with Crippen LogP contribution in [-0.4, -0.2) is 24.9 Å². The smallest absolute Gasteiger partial charge is 0.0542 e. The van der Waals surface area contributed by atoms with Crippen LogP contribution in [0.2, 0.25) is 0 Å². The van der Waals surface area contributed by atoms with Gasteiger partial charge in [-0.2, -0.15) is 0 Å². The van der Waals surface area contributed by atoms with Gasteiger partial charge in [-0.15, -0.1) is 0 Å². The number of aliphatic hydroxyl groups is 1. The van der Waals surface area contributed by atoms with E-state index in [2.05, 4.69) is 26.0 Å². The Balaban J connectivity index is 2.13. The molecule has 1 unspecified atom stereocenters. The molecule has 1 fully saturated rings. The third-order valence-corrected chi connectivity index (χ3v) is 3.49. The number of aryl methyl sites for hydroxylation is 1. The molecule has 0 aromatic heterocycles. The fraction of sp³-hybridized carbons (Fsp3) is 0.571. The number of hydrogen-bond acceptors (Lipinski definition) is 2. The quantitative estimate of drug-likeness (QED) is 0.844. The van der Waals surface area contributed by atoms with Crippen molar-refractivity contribution in [2.45, 2.75) is 26.2 Å². The molecule has 88 valence electrons. The number of ether oxygens (including phenoxy) is 1. The minimum Gasteiger partial charge on any atom is -0.396 e. The Morgan fingerprint density at radius 1 is 1.38 bits per heavy atom. The van der Waals surface area contributed by atoms with E-state index in [1.807, 2.05) is 12.1 Å². The average Bonchev–Trinajstić information content (AvgIpc) is 2.25. The van der Waals surface area contributed by atoms with Gasteiger partial charge in [0.2, 0.25) is 0 Å². The standard InChI is InChI=1S/C14H20O2/c1-11-5-3-4-6-13(11)12(8-15)7-14(2)9-16-10-14/h3-6,12,15H,7-10H2,1-2H3.